The summed E-state index contributed by atoms with van der Waals surface area (Å²) in [6, 6.07) is 9.54. The first kappa shape index (κ1) is 17.5. The molecule has 2 aromatic rings. The SMILES string of the molecule is CC(Oc1ccc(F)cc1Cl)C(=O)NC1CCCc2cc(N)ccc21. The highest BCUT2D eigenvalue weighted by Crippen LogP contribution is 2.31. The van der Waals surface area contributed by atoms with Crippen molar-refractivity contribution < 1.29 is 13.9 Å². The van der Waals surface area contributed by atoms with Crippen LogP contribution in [0, 0.1) is 5.82 Å². The van der Waals surface area contributed by atoms with Crippen LogP contribution >= 0.6 is 11.6 Å². The van der Waals surface area contributed by atoms with Gasteiger partial charge in [-0.25, -0.2) is 4.39 Å². The molecular weight excluding hydrogens is 343 g/mol. The molecule has 3 N–H and O–H groups in total. The van der Waals surface area contributed by atoms with E-state index < -0.39 is 11.9 Å². The van der Waals surface area contributed by atoms with Crippen LogP contribution in [0.2, 0.25) is 5.02 Å². The summed E-state index contributed by atoms with van der Waals surface area (Å²) in [4.78, 5) is 12.5. The van der Waals surface area contributed by atoms with Crippen molar-refractivity contribution in [3.05, 3.63) is 58.4 Å². The normalized spacial score (nSPS) is 17.5. The van der Waals surface area contributed by atoms with Crippen molar-refractivity contribution in [3.8, 4) is 5.75 Å². The largest absolute Gasteiger partial charge is 0.479 e. The molecule has 4 nitrogen and oxygen atoms in total. The minimum absolute atomic E-state index is 0.0633. The third-order valence-corrected chi connectivity index (χ3v) is 4.66. The minimum atomic E-state index is -0.748. The Morgan fingerprint density at radius 2 is 2.16 bits per heavy atom. The van der Waals surface area contributed by atoms with E-state index in [1.54, 1.807) is 6.92 Å². The number of fused-ring (bicyclic) bond motifs is 1. The van der Waals surface area contributed by atoms with Gasteiger partial charge in [-0.2, -0.15) is 0 Å². The number of nitrogen functional groups attached to an aromatic ring is 1. The number of ether oxygens (including phenoxy) is 1. The van der Waals surface area contributed by atoms with Gasteiger partial charge in [0, 0.05) is 5.69 Å². The molecule has 1 aliphatic carbocycles. The van der Waals surface area contributed by atoms with Crippen molar-refractivity contribution in [1.29, 1.82) is 0 Å². The summed E-state index contributed by atoms with van der Waals surface area (Å²) in [5.41, 5.74) is 8.84. The molecule has 2 aromatic carbocycles. The van der Waals surface area contributed by atoms with Crippen LogP contribution in [0.4, 0.5) is 10.1 Å². The van der Waals surface area contributed by atoms with Crippen molar-refractivity contribution in [1.82, 2.24) is 5.32 Å². The Labute approximate surface area is 151 Å². The van der Waals surface area contributed by atoms with Crippen LogP contribution in [0.15, 0.2) is 36.4 Å². The van der Waals surface area contributed by atoms with Gasteiger partial charge < -0.3 is 15.8 Å². The lowest BCUT2D eigenvalue weighted by atomic mass is 9.87. The quantitative estimate of drug-likeness (QED) is 0.807. The zero-order chi connectivity index (χ0) is 18.0. The Hall–Kier alpha value is -2.27. The molecule has 6 heteroatoms. The monoisotopic (exact) mass is 362 g/mol. The van der Waals surface area contributed by atoms with Crippen molar-refractivity contribution in [3.63, 3.8) is 0 Å². The number of carbonyl (C=O) groups excluding carboxylic acids is 1. The van der Waals surface area contributed by atoms with Gasteiger partial charge in [0.1, 0.15) is 11.6 Å². The minimum Gasteiger partial charge on any atom is -0.479 e. The highest BCUT2D eigenvalue weighted by Gasteiger charge is 2.25. The van der Waals surface area contributed by atoms with Crippen LogP contribution in [0.25, 0.3) is 0 Å². The fraction of sp³-hybridized carbons (Fsp3) is 0.316. The van der Waals surface area contributed by atoms with Gasteiger partial charge in [-0.3, -0.25) is 4.79 Å². The third-order valence-electron chi connectivity index (χ3n) is 4.36. The lowest BCUT2D eigenvalue weighted by Gasteiger charge is -2.28. The van der Waals surface area contributed by atoms with E-state index in [0.29, 0.717) is 0 Å². The van der Waals surface area contributed by atoms with Crippen molar-refractivity contribution in [2.24, 2.45) is 0 Å². The fourth-order valence-electron chi connectivity index (χ4n) is 3.09. The van der Waals surface area contributed by atoms with Crippen LogP contribution in [0.1, 0.15) is 36.9 Å². The molecule has 0 saturated carbocycles. The number of halogens is 2. The summed E-state index contributed by atoms with van der Waals surface area (Å²) in [5.74, 6) is -0.412. The summed E-state index contributed by atoms with van der Waals surface area (Å²) in [7, 11) is 0. The number of hydrogen-bond acceptors (Lipinski definition) is 3. The molecule has 1 aliphatic rings. The van der Waals surface area contributed by atoms with Crippen LogP contribution in [-0.2, 0) is 11.2 Å². The summed E-state index contributed by atoms with van der Waals surface area (Å²) in [6.07, 6.45) is 2.07. The summed E-state index contributed by atoms with van der Waals surface area (Å²) in [6.45, 7) is 1.64. The summed E-state index contributed by atoms with van der Waals surface area (Å²) in [5, 5.41) is 3.16. The number of amides is 1. The smallest absolute Gasteiger partial charge is 0.261 e. The van der Waals surface area contributed by atoms with Gasteiger partial charge in [0.2, 0.25) is 0 Å². The Morgan fingerprint density at radius 3 is 2.92 bits per heavy atom. The van der Waals surface area contributed by atoms with Gasteiger partial charge in [0.15, 0.2) is 6.10 Å². The topological polar surface area (TPSA) is 64.3 Å². The Balaban J connectivity index is 1.68. The number of hydrogen-bond donors (Lipinski definition) is 2. The number of anilines is 1. The van der Waals surface area contributed by atoms with E-state index in [1.807, 2.05) is 18.2 Å². The standard InChI is InChI=1S/C19H20ClFN2O2/c1-11(25-18-8-5-13(21)10-16(18)20)19(24)23-17-4-2-3-12-9-14(22)6-7-15(12)17/h5-11,17H,2-4,22H2,1H3,(H,23,24). The molecule has 3 rings (SSSR count). The van der Waals surface area contributed by atoms with E-state index in [-0.39, 0.29) is 22.7 Å². The first-order chi connectivity index (χ1) is 11.9. The molecule has 0 spiro atoms. The van der Waals surface area contributed by atoms with Crippen LogP contribution in [0.3, 0.4) is 0 Å². The molecule has 25 heavy (non-hydrogen) atoms. The van der Waals surface area contributed by atoms with Crippen LogP contribution < -0.4 is 15.8 Å². The zero-order valence-corrected chi connectivity index (χ0v) is 14.6. The maximum Gasteiger partial charge on any atom is 0.261 e. The Morgan fingerprint density at radius 1 is 1.36 bits per heavy atom. The highest BCUT2D eigenvalue weighted by molar-refractivity contribution is 6.32. The first-order valence-corrected chi connectivity index (χ1v) is 8.62. The second-order valence-electron chi connectivity index (χ2n) is 6.25. The molecule has 2 unspecified atom stereocenters. The number of carbonyl (C=O) groups is 1. The predicted molar refractivity (Wildman–Crippen MR) is 96.2 cm³/mol. The van der Waals surface area contributed by atoms with Crippen molar-refractivity contribution >= 4 is 23.2 Å². The maximum atomic E-state index is 13.1. The van der Waals surface area contributed by atoms with E-state index in [4.69, 9.17) is 22.1 Å². The number of nitrogens with one attached hydrogen (secondary N) is 1. The lowest BCUT2D eigenvalue weighted by molar-refractivity contribution is -0.128. The molecule has 2 atom stereocenters. The van der Waals surface area contributed by atoms with E-state index in [9.17, 15) is 9.18 Å². The molecule has 0 bridgehead atoms. The first-order valence-electron chi connectivity index (χ1n) is 8.24. The third kappa shape index (κ3) is 4.04. The average molecular weight is 363 g/mol. The lowest BCUT2D eigenvalue weighted by Crippen LogP contribution is -2.39. The number of aryl methyl sites for hydroxylation is 1. The summed E-state index contributed by atoms with van der Waals surface area (Å²) >= 11 is 5.94. The highest BCUT2D eigenvalue weighted by atomic mass is 35.5. The molecule has 0 saturated heterocycles. The van der Waals surface area contributed by atoms with E-state index >= 15 is 0 Å². The van der Waals surface area contributed by atoms with E-state index in [2.05, 4.69) is 5.32 Å². The molecule has 0 heterocycles. The Bertz CT molecular complexity index is 797. The molecule has 0 aromatic heterocycles. The second kappa shape index (κ2) is 7.31. The zero-order valence-electron chi connectivity index (χ0n) is 13.9. The molecule has 132 valence electrons. The van der Waals surface area contributed by atoms with Crippen molar-refractivity contribution in [2.45, 2.75) is 38.3 Å². The number of rotatable bonds is 4. The van der Waals surface area contributed by atoms with Gasteiger partial charge in [-0.1, -0.05) is 17.7 Å². The van der Waals surface area contributed by atoms with E-state index in [1.165, 1.54) is 17.7 Å². The van der Waals surface area contributed by atoms with Gasteiger partial charge >= 0.3 is 0 Å². The van der Waals surface area contributed by atoms with Gasteiger partial charge in [-0.05, 0) is 67.6 Å². The molecule has 0 fully saturated rings. The predicted octanol–water partition coefficient (Wildman–Crippen LogP) is 4.02. The van der Waals surface area contributed by atoms with Gasteiger partial charge in [0.05, 0.1) is 11.1 Å². The van der Waals surface area contributed by atoms with Crippen LogP contribution in [-0.4, -0.2) is 12.0 Å². The Kier molecular flexibility index (Phi) is 5.13. The average Bonchev–Trinajstić information content (AvgIpc) is 2.57. The van der Waals surface area contributed by atoms with Gasteiger partial charge in [0.25, 0.3) is 5.91 Å². The fourth-order valence-corrected chi connectivity index (χ4v) is 3.30. The molecule has 0 aliphatic heterocycles. The maximum absolute atomic E-state index is 13.1. The second-order valence-corrected chi connectivity index (χ2v) is 6.65. The van der Waals surface area contributed by atoms with Crippen LogP contribution in [0.5, 0.6) is 5.75 Å². The number of benzene rings is 2. The molecule has 1 amide bonds. The van der Waals surface area contributed by atoms with E-state index in [0.717, 1.165) is 36.6 Å². The van der Waals surface area contributed by atoms with Gasteiger partial charge in [-0.15, -0.1) is 0 Å². The summed E-state index contributed by atoms with van der Waals surface area (Å²) < 4.78 is 18.7. The molecule has 0 radical (unpaired) electrons. The number of nitrogens with two attached hydrogens (primary N) is 1. The van der Waals surface area contributed by atoms with Crippen molar-refractivity contribution in [2.75, 3.05) is 5.73 Å². The molecular formula is C19H20ClFN2O2.